The SMILES string of the molecule is O=C1CCC(N2Cc3cc(C(=O)Nc4cnc(OC5CCC5)cc4F)ccc3C2=O)C(=O)N1. The van der Waals surface area contributed by atoms with Gasteiger partial charge in [-0.1, -0.05) is 0 Å². The highest BCUT2D eigenvalue weighted by molar-refractivity contribution is 6.08. The molecule has 9 nitrogen and oxygen atoms in total. The third kappa shape index (κ3) is 4.04. The van der Waals surface area contributed by atoms with Crippen LogP contribution in [0.1, 0.15) is 58.4 Å². The lowest BCUT2D eigenvalue weighted by molar-refractivity contribution is -0.136. The number of aromatic nitrogens is 1. The number of piperidine rings is 1. The van der Waals surface area contributed by atoms with Crippen molar-refractivity contribution in [1.29, 1.82) is 0 Å². The number of imide groups is 1. The Balaban J connectivity index is 1.28. The summed E-state index contributed by atoms with van der Waals surface area (Å²) in [6.45, 7) is 0.144. The second-order valence-corrected chi connectivity index (χ2v) is 8.40. The van der Waals surface area contributed by atoms with Crippen LogP contribution in [0.15, 0.2) is 30.5 Å². The molecule has 2 fully saturated rings. The Morgan fingerprint density at radius 3 is 2.70 bits per heavy atom. The number of nitrogens with one attached hydrogen (secondary N) is 2. The van der Waals surface area contributed by atoms with Gasteiger partial charge in [0.15, 0.2) is 5.82 Å². The van der Waals surface area contributed by atoms with Gasteiger partial charge in [0.05, 0.1) is 11.9 Å². The smallest absolute Gasteiger partial charge is 0.255 e. The predicted molar refractivity (Wildman–Crippen MR) is 113 cm³/mol. The second kappa shape index (κ2) is 8.27. The minimum atomic E-state index is -0.735. The van der Waals surface area contributed by atoms with Gasteiger partial charge in [-0.15, -0.1) is 0 Å². The molecule has 1 atom stereocenters. The van der Waals surface area contributed by atoms with Gasteiger partial charge in [-0.2, -0.15) is 0 Å². The molecular formula is C23H21FN4O5. The number of hydrogen-bond donors (Lipinski definition) is 2. The van der Waals surface area contributed by atoms with Crippen molar-refractivity contribution in [2.75, 3.05) is 5.32 Å². The molecular weight excluding hydrogens is 431 g/mol. The van der Waals surface area contributed by atoms with E-state index < -0.39 is 23.7 Å². The van der Waals surface area contributed by atoms with E-state index >= 15 is 0 Å². The van der Waals surface area contributed by atoms with E-state index in [1.165, 1.54) is 23.2 Å². The number of benzene rings is 1. The third-order valence-corrected chi connectivity index (χ3v) is 6.20. The maximum absolute atomic E-state index is 14.4. The molecule has 10 heteroatoms. The Labute approximate surface area is 188 Å². The lowest BCUT2D eigenvalue weighted by Crippen LogP contribution is -2.52. The van der Waals surface area contributed by atoms with E-state index in [0.29, 0.717) is 11.1 Å². The van der Waals surface area contributed by atoms with Crippen molar-refractivity contribution in [3.63, 3.8) is 0 Å². The number of halogens is 1. The monoisotopic (exact) mass is 452 g/mol. The molecule has 170 valence electrons. The van der Waals surface area contributed by atoms with E-state index in [4.69, 9.17) is 4.74 Å². The standard InChI is InChI=1S/C23H21FN4O5/c24-16-9-20(33-14-2-1-3-14)25-10-17(16)26-21(30)12-4-5-15-13(8-12)11-28(23(15)32)18-6-7-19(29)27-22(18)31/h4-5,8-10,14,18H,1-3,6-7,11H2,(H,26,30)(H,27,29,31). The molecule has 1 saturated heterocycles. The zero-order valence-electron chi connectivity index (χ0n) is 17.6. The van der Waals surface area contributed by atoms with Crippen molar-refractivity contribution in [2.45, 2.75) is 50.8 Å². The van der Waals surface area contributed by atoms with Gasteiger partial charge < -0.3 is 15.0 Å². The lowest BCUT2D eigenvalue weighted by atomic mass is 9.96. The molecule has 1 unspecified atom stereocenters. The van der Waals surface area contributed by atoms with Crippen LogP contribution in [0.25, 0.3) is 0 Å². The first-order chi connectivity index (χ1) is 15.9. The minimum Gasteiger partial charge on any atom is -0.474 e. The molecule has 3 heterocycles. The summed E-state index contributed by atoms with van der Waals surface area (Å²) in [5, 5.41) is 4.74. The van der Waals surface area contributed by atoms with Gasteiger partial charge in [0, 0.05) is 30.2 Å². The second-order valence-electron chi connectivity index (χ2n) is 8.40. The van der Waals surface area contributed by atoms with Crippen LogP contribution in [0.4, 0.5) is 10.1 Å². The number of amides is 4. The van der Waals surface area contributed by atoms with Crippen LogP contribution >= 0.6 is 0 Å². The zero-order valence-corrected chi connectivity index (χ0v) is 17.6. The number of ether oxygens (including phenoxy) is 1. The largest absolute Gasteiger partial charge is 0.474 e. The average molecular weight is 452 g/mol. The van der Waals surface area contributed by atoms with E-state index in [0.717, 1.165) is 25.3 Å². The maximum atomic E-state index is 14.4. The number of carbonyl (C=O) groups excluding carboxylic acids is 4. The van der Waals surface area contributed by atoms with Crippen LogP contribution in [0.5, 0.6) is 5.88 Å². The van der Waals surface area contributed by atoms with Crippen LogP contribution < -0.4 is 15.4 Å². The molecule has 0 bridgehead atoms. The van der Waals surface area contributed by atoms with Crippen molar-refractivity contribution in [3.05, 3.63) is 53.0 Å². The molecule has 4 amide bonds. The Bertz CT molecular complexity index is 1180. The molecule has 1 aromatic heterocycles. The lowest BCUT2D eigenvalue weighted by Gasteiger charge is -2.29. The third-order valence-electron chi connectivity index (χ3n) is 6.20. The maximum Gasteiger partial charge on any atom is 0.255 e. The fourth-order valence-electron chi connectivity index (χ4n) is 4.14. The normalized spacial score (nSPS) is 20.2. The Hall–Kier alpha value is -3.82. The number of hydrogen-bond acceptors (Lipinski definition) is 6. The Morgan fingerprint density at radius 1 is 1.18 bits per heavy atom. The summed E-state index contributed by atoms with van der Waals surface area (Å²) in [4.78, 5) is 54.5. The first kappa shape index (κ1) is 21.0. The first-order valence-electron chi connectivity index (χ1n) is 10.8. The van der Waals surface area contributed by atoms with Gasteiger partial charge in [0.25, 0.3) is 11.8 Å². The molecule has 3 aliphatic rings. The molecule has 1 aromatic carbocycles. The zero-order chi connectivity index (χ0) is 23.1. The molecule has 0 radical (unpaired) electrons. The molecule has 1 aliphatic carbocycles. The number of anilines is 1. The highest BCUT2D eigenvalue weighted by Crippen LogP contribution is 2.29. The summed E-state index contributed by atoms with van der Waals surface area (Å²) in [6, 6.07) is 4.95. The van der Waals surface area contributed by atoms with Gasteiger partial charge in [-0.05, 0) is 49.4 Å². The summed E-state index contributed by atoms with van der Waals surface area (Å²) in [7, 11) is 0. The van der Waals surface area contributed by atoms with Gasteiger partial charge in [-0.3, -0.25) is 24.5 Å². The molecule has 5 rings (SSSR count). The van der Waals surface area contributed by atoms with Crippen LogP contribution in [0.3, 0.4) is 0 Å². The van der Waals surface area contributed by atoms with E-state index in [-0.39, 0.29) is 54.4 Å². The average Bonchev–Trinajstić information content (AvgIpc) is 3.08. The van der Waals surface area contributed by atoms with Crippen molar-refractivity contribution >= 4 is 29.3 Å². The summed E-state index contributed by atoms with van der Waals surface area (Å²) in [5.41, 5.74) is 1.13. The van der Waals surface area contributed by atoms with Crippen molar-refractivity contribution in [2.24, 2.45) is 0 Å². The molecule has 2 aliphatic heterocycles. The van der Waals surface area contributed by atoms with Gasteiger partial charge in [0.2, 0.25) is 17.7 Å². The molecule has 1 saturated carbocycles. The van der Waals surface area contributed by atoms with Crippen LogP contribution in [0, 0.1) is 5.82 Å². The molecule has 2 aromatic rings. The van der Waals surface area contributed by atoms with Crippen molar-refractivity contribution in [1.82, 2.24) is 15.2 Å². The topological polar surface area (TPSA) is 118 Å². The molecule has 33 heavy (non-hydrogen) atoms. The van der Waals surface area contributed by atoms with Gasteiger partial charge in [-0.25, -0.2) is 9.37 Å². The summed E-state index contributed by atoms with van der Waals surface area (Å²) in [6.07, 6.45) is 4.61. The highest BCUT2D eigenvalue weighted by atomic mass is 19.1. The minimum absolute atomic E-state index is 0.0613. The number of carbonyl (C=O) groups is 4. The summed E-state index contributed by atoms with van der Waals surface area (Å²) >= 11 is 0. The van der Waals surface area contributed by atoms with E-state index in [1.807, 2.05) is 0 Å². The Kier molecular flexibility index (Phi) is 5.27. The number of pyridine rings is 1. The van der Waals surface area contributed by atoms with Crippen LogP contribution in [-0.4, -0.2) is 45.7 Å². The highest BCUT2D eigenvalue weighted by Gasteiger charge is 2.39. The fraction of sp³-hybridized carbons (Fsp3) is 0.348. The van der Waals surface area contributed by atoms with Gasteiger partial charge >= 0.3 is 0 Å². The fourth-order valence-corrected chi connectivity index (χ4v) is 4.14. The number of fused-ring (bicyclic) bond motifs is 1. The predicted octanol–water partition coefficient (Wildman–Crippen LogP) is 2.17. The molecule has 2 N–H and O–H groups in total. The van der Waals surface area contributed by atoms with Crippen LogP contribution in [-0.2, 0) is 16.1 Å². The Morgan fingerprint density at radius 2 is 2.00 bits per heavy atom. The summed E-state index contributed by atoms with van der Waals surface area (Å²) < 4.78 is 20.0. The molecule has 0 spiro atoms. The van der Waals surface area contributed by atoms with E-state index in [2.05, 4.69) is 15.6 Å². The summed E-state index contributed by atoms with van der Waals surface area (Å²) in [5.74, 6) is -2.23. The van der Waals surface area contributed by atoms with Gasteiger partial charge in [0.1, 0.15) is 12.1 Å². The number of nitrogens with zero attached hydrogens (tertiary/aromatic N) is 2. The van der Waals surface area contributed by atoms with E-state index in [9.17, 15) is 23.6 Å². The number of rotatable bonds is 5. The van der Waals surface area contributed by atoms with E-state index in [1.54, 1.807) is 6.07 Å². The van der Waals surface area contributed by atoms with Crippen LogP contribution in [0.2, 0.25) is 0 Å². The first-order valence-corrected chi connectivity index (χ1v) is 10.8. The van der Waals surface area contributed by atoms with Crippen molar-refractivity contribution in [3.8, 4) is 5.88 Å². The van der Waals surface area contributed by atoms with Crippen molar-refractivity contribution < 1.29 is 28.3 Å². The quantitative estimate of drug-likeness (QED) is 0.672.